The summed E-state index contributed by atoms with van der Waals surface area (Å²) in [5.41, 5.74) is 3.03. The molecule has 4 rings (SSSR count). The molecule has 0 bridgehead atoms. The first-order chi connectivity index (χ1) is 12.2. The highest BCUT2D eigenvalue weighted by molar-refractivity contribution is 5.84. The maximum absolute atomic E-state index is 12.3. The topological polar surface area (TPSA) is 65.6 Å². The van der Waals surface area contributed by atoms with Crippen molar-refractivity contribution in [1.82, 2.24) is 9.88 Å². The van der Waals surface area contributed by atoms with Crippen LogP contribution in [0.2, 0.25) is 0 Å². The summed E-state index contributed by atoms with van der Waals surface area (Å²) in [6, 6.07) is 17.6. The van der Waals surface area contributed by atoms with Gasteiger partial charge in [0.15, 0.2) is 0 Å². The monoisotopic (exact) mass is 336 g/mol. The fourth-order valence-corrected chi connectivity index (χ4v) is 3.45. The number of rotatable bonds is 3. The fourth-order valence-electron chi connectivity index (χ4n) is 3.45. The van der Waals surface area contributed by atoms with Gasteiger partial charge in [0.1, 0.15) is 6.61 Å². The van der Waals surface area contributed by atoms with Crippen molar-refractivity contribution >= 4 is 17.0 Å². The van der Waals surface area contributed by atoms with Crippen LogP contribution in [0.3, 0.4) is 0 Å². The number of hydrogen-bond donors (Lipinski definition) is 2. The summed E-state index contributed by atoms with van der Waals surface area (Å²) in [4.78, 5) is 17.1. The molecule has 0 radical (unpaired) electrons. The Morgan fingerprint density at radius 1 is 1.12 bits per heavy atom. The summed E-state index contributed by atoms with van der Waals surface area (Å²) in [5.74, 6) is -0.111. The SMILES string of the molecule is O=C(OCc1ccccc1)N1C[C@H](c2c[nH]c3ccccc23)[C@@H](O)C1. The molecule has 0 spiro atoms. The first-order valence-electron chi connectivity index (χ1n) is 8.42. The van der Waals surface area contributed by atoms with Crippen LogP contribution in [0, 0.1) is 0 Å². The third-order valence-corrected chi connectivity index (χ3v) is 4.77. The van der Waals surface area contributed by atoms with E-state index in [1.165, 1.54) is 0 Å². The Balaban J connectivity index is 1.45. The molecule has 5 heteroatoms. The number of hydrogen-bond acceptors (Lipinski definition) is 3. The van der Waals surface area contributed by atoms with Gasteiger partial charge in [-0.1, -0.05) is 48.5 Å². The maximum atomic E-state index is 12.3. The van der Waals surface area contributed by atoms with Crippen molar-refractivity contribution in [2.24, 2.45) is 0 Å². The number of nitrogens with one attached hydrogen (secondary N) is 1. The van der Waals surface area contributed by atoms with Crippen LogP contribution in [-0.4, -0.2) is 40.3 Å². The van der Waals surface area contributed by atoms with Crippen molar-refractivity contribution in [2.75, 3.05) is 13.1 Å². The molecule has 5 nitrogen and oxygen atoms in total. The molecule has 2 N–H and O–H groups in total. The lowest BCUT2D eigenvalue weighted by molar-refractivity contribution is 0.0970. The fraction of sp³-hybridized carbons (Fsp3) is 0.250. The standard InChI is InChI=1S/C20H20N2O3/c23-19-12-22(20(24)25-13-14-6-2-1-3-7-14)11-17(19)16-10-21-18-9-5-4-8-15(16)18/h1-10,17,19,21,23H,11-13H2/t17-,19+/m1/s1. The van der Waals surface area contributed by atoms with E-state index in [2.05, 4.69) is 4.98 Å². The maximum Gasteiger partial charge on any atom is 0.410 e. The van der Waals surface area contributed by atoms with E-state index in [0.717, 1.165) is 22.0 Å². The van der Waals surface area contributed by atoms with E-state index in [4.69, 9.17) is 4.74 Å². The molecule has 1 aliphatic rings. The number of carbonyl (C=O) groups is 1. The van der Waals surface area contributed by atoms with Crippen LogP contribution in [0.15, 0.2) is 60.8 Å². The number of aliphatic hydroxyl groups is 1. The number of aliphatic hydroxyl groups excluding tert-OH is 1. The number of fused-ring (bicyclic) bond motifs is 1. The lowest BCUT2D eigenvalue weighted by Crippen LogP contribution is -2.30. The summed E-state index contributed by atoms with van der Waals surface area (Å²) in [6.07, 6.45) is 0.950. The number of ether oxygens (including phenoxy) is 1. The van der Waals surface area contributed by atoms with Crippen LogP contribution in [-0.2, 0) is 11.3 Å². The Morgan fingerprint density at radius 2 is 1.88 bits per heavy atom. The Morgan fingerprint density at radius 3 is 2.72 bits per heavy atom. The van der Waals surface area contributed by atoms with Crippen LogP contribution in [0.25, 0.3) is 10.9 Å². The molecule has 1 aliphatic heterocycles. The second kappa shape index (κ2) is 6.61. The number of likely N-dealkylation sites (tertiary alicyclic amines) is 1. The number of β-amino-alcohol motifs (C(OH)–C–C–N with tert-alkyl or cyclic N) is 1. The smallest absolute Gasteiger partial charge is 0.410 e. The largest absolute Gasteiger partial charge is 0.445 e. The molecular weight excluding hydrogens is 316 g/mol. The molecule has 1 aromatic heterocycles. The number of aromatic nitrogens is 1. The zero-order chi connectivity index (χ0) is 17.2. The molecule has 1 saturated heterocycles. The molecule has 0 unspecified atom stereocenters. The summed E-state index contributed by atoms with van der Waals surface area (Å²) >= 11 is 0. The minimum atomic E-state index is -0.594. The Labute approximate surface area is 145 Å². The van der Waals surface area contributed by atoms with Crippen LogP contribution in [0.5, 0.6) is 0 Å². The minimum absolute atomic E-state index is 0.111. The predicted molar refractivity (Wildman–Crippen MR) is 95.2 cm³/mol. The van der Waals surface area contributed by atoms with Gasteiger partial charge >= 0.3 is 6.09 Å². The molecule has 2 aromatic carbocycles. The molecular formula is C20H20N2O3. The molecule has 0 saturated carbocycles. The normalized spacial score (nSPS) is 20.1. The second-order valence-corrected chi connectivity index (χ2v) is 6.41. The average Bonchev–Trinajstić information content (AvgIpc) is 3.24. The van der Waals surface area contributed by atoms with Gasteiger partial charge in [0.25, 0.3) is 0 Å². The van der Waals surface area contributed by atoms with E-state index in [1.54, 1.807) is 4.90 Å². The van der Waals surface area contributed by atoms with Gasteiger partial charge in [0.2, 0.25) is 0 Å². The molecule has 1 amide bonds. The van der Waals surface area contributed by atoms with Crippen LogP contribution >= 0.6 is 0 Å². The highest BCUT2D eigenvalue weighted by atomic mass is 16.6. The zero-order valence-corrected chi connectivity index (χ0v) is 13.8. The number of H-pyrrole nitrogens is 1. The van der Waals surface area contributed by atoms with Crippen molar-refractivity contribution in [3.63, 3.8) is 0 Å². The van der Waals surface area contributed by atoms with Gasteiger partial charge in [-0.05, 0) is 17.2 Å². The van der Waals surface area contributed by atoms with E-state index in [1.807, 2.05) is 60.8 Å². The van der Waals surface area contributed by atoms with Gasteiger partial charge in [-0.2, -0.15) is 0 Å². The predicted octanol–water partition coefficient (Wildman–Crippen LogP) is 3.26. The first-order valence-corrected chi connectivity index (χ1v) is 8.42. The number of para-hydroxylation sites is 1. The lowest BCUT2D eigenvalue weighted by atomic mass is 9.96. The second-order valence-electron chi connectivity index (χ2n) is 6.41. The van der Waals surface area contributed by atoms with Crippen molar-refractivity contribution < 1.29 is 14.6 Å². The van der Waals surface area contributed by atoms with E-state index in [9.17, 15) is 9.90 Å². The zero-order valence-electron chi connectivity index (χ0n) is 13.8. The minimum Gasteiger partial charge on any atom is -0.445 e. The average molecular weight is 336 g/mol. The van der Waals surface area contributed by atoms with E-state index < -0.39 is 6.10 Å². The lowest BCUT2D eigenvalue weighted by Gasteiger charge is -2.16. The number of aromatic amines is 1. The van der Waals surface area contributed by atoms with Crippen LogP contribution in [0.1, 0.15) is 17.0 Å². The van der Waals surface area contributed by atoms with Gasteiger partial charge in [-0.25, -0.2) is 4.79 Å². The molecule has 0 aliphatic carbocycles. The van der Waals surface area contributed by atoms with E-state index >= 15 is 0 Å². The molecule has 1 fully saturated rings. The highest BCUT2D eigenvalue weighted by Gasteiger charge is 2.36. The van der Waals surface area contributed by atoms with Crippen molar-refractivity contribution in [3.05, 3.63) is 71.9 Å². The molecule has 3 aromatic rings. The van der Waals surface area contributed by atoms with Gasteiger partial charge < -0.3 is 19.7 Å². The summed E-state index contributed by atoms with van der Waals surface area (Å²) in [7, 11) is 0. The molecule has 128 valence electrons. The first kappa shape index (κ1) is 15.7. The van der Waals surface area contributed by atoms with Crippen LogP contribution in [0.4, 0.5) is 4.79 Å². The van der Waals surface area contributed by atoms with E-state index in [-0.39, 0.29) is 25.2 Å². The third kappa shape index (κ3) is 3.10. The summed E-state index contributed by atoms with van der Waals surface area (Å²) in [5, 5.41) is 11.6. The Hall–Kier alpha value is -2.79. The van der Waals surface area contributed by atoms with Crippen LogP contribution < -0.4 is 0 Å². The molecule has 25 heavy (non-hydrogen) atoms. The molecule has 2 heterocycles. The van der Waals surface area contributed by atoms with Crippen molar-refractivity contribution in [2.45, 2.75) is 18.6 Å². The Kier molecular flexibility index (Phi) is 4.15. The van der Waals surface area contributed by atoms with Gasteiger partial charge in [0.05, 0.1) is 12.6 Å². The third-order valence-electron chi connectivity index (χ3n) is 4.77. The number of nitrogens with zero attached hydrogens (tertiary/aromatic N) is 1. The quantitative estimate of drug-likeness (QED) is 0.771. The van der Waals surface area contributed by atoms with Crippen molar-refractivity contribution in [1.29, 1.82) is 0 Å². The number of carbonyl (C=O) groups excluding carboxylic acids is 1. The molecule has 2 atom stereocenters. The number of amides is 1. The summed E-state index contributed by atoms with van der Waals surface area (Å²) < 4.78 is 5.38. The van der Waals surface area contributed by atoms with Crippen molar-refractivity contribution in [3.8, 4) is 0 Å². The Bertz CT molecular complexity index is 875. The highest BCUT2D eigenvalue weighted by Crippen LogP contribution is 2.33. The van der Waals surface area contributed by atoms with E-state index in [0.29, 0.717) is 6.54 Å². The number of benzene rings is 2. The van der Waals surface area contributed by atoms with Gasteiger partial charge in [-0.15, -0.1) is 0 Å². The van der Waals surface area contributed by atoms with Gasteiger partial charge in [0, 0.05) is 29.6 Å². The van der Waals surface area contributed by atoms with Gasteiger partial charge in [-0.3, -0.25) is 0 Å². The summed E-state index contributed by atoms with van der Waals surface area (Å²) in [6.45, 7) is 0.985.